The molecule has 0 spiro atoms. The van der Waals surface area contributed by atoms with Crippen LogP contribution in [0.4, 0.5) is 5.69 Å². The smallest absolute Gasteiger partial charge is 0.115 e. The Balaban J connectivity index is 2.36. The van der Waals surface area contributed by atoms with E-state index in [0.717, 1.165) is 29.9 Å². The standard InChI is InChI=1S/C12H15N3/c1-2-8-15-9-11(13)12(14-15)10-6-4-3-5-7-10/h3-7,9H,2,8,13H2,1H3. The Hall–Kier alpha value is -1.77. The van der Waals surface area contributed by atoms with Gasteiger partial charge in [-0.3, -0.25) is 4.68 Å². The number of nitrogens with zero attached hydrogens (tertiary/aromatic N) is 2. The molecule has 0 aliphatic carbocycles. The summed E-state index contributed by atoms with van der Waals surface area (Å²) in [6.45, 7) is 3.04. The van der Waals surface area contributed by atoms with Crippen LogP contribution in [0.2, 0.25) is 0 Å². The van der Waals surface area contributed by atoms with Crippen molar-refractivity contribution in [3.8, 4) is 11.3 Å². The molecule has 1 heterocycles. The lowest BCUT2D eigenvalue weighted by Crippen LogP contribution is -1.96. The number of benzene rings is 1. The monoisotopic (exact) mass is 201 g/mol. The Morgan fingerprint density at radius 3 is 2.67 bits per heavy atom. The van der Waals surface area contributed by atoms with Crippen LogP contribution in [0, 0.1) is 0 Å². The van der Waals surface area contributed by atoms with E-state index in [0.29, 0.717) is 0 Å². The molecular weight excluding hydrogens is 186 g/mol. The van der Waals surface area contributed by atoms with Crippen molar-refractivity contribution in [1.82, 2.24) is 9.78 Å². The number of hydrogen-bond acceptors (Lipinski definition) is 2. The van der Waals surface area contributed by atoms with E-state index >= 15 is 0 Å². The third kappa shape index (κ3) is 2.01. The average molecular weight is 201 g/mol. The highest BCUT2D eigenvalue weighted by atomic mass is 15.3. The molecule has 0 bridgehead atoms. The van der Waals surface area contributed by atoms with Crippen molar-refractivity contribution in [2.45, 2.75) is 19.9 Å². The fraction of sp³-hybridized carbons (Fsp3) is 0.250. The second-order valence-electron chi connectivity index (χ2n) is 3.56. The van der Waals surface area contributed by atoms with Crippen molar-refractivity contribution in [3.05, 3.63) is 36.5 Å². The second-order valence-corrected chi connectivity index (χ2v) is 3.56. The predicted molar refractivity (Wildman–Crippen MR) is 62.4 cm³/mol. The van der Waals surface area contributed by atoms with E-state index in [-0.39, 0.29) is 0 Å². The van der Waals surface area contributed by atoms with Gasteiger partial charge in [-0.05, 0) is 6.42 Å². The third-order valence-electron chi connectivity index (χ3n) is 2.29. The van der Waals surface area contributed by atoms with Crippen LogP contribution < -0.4 is 5.73 Å². The van der Waals surface area contributed by atoms with Crippen LogP contribution >= 0.6 is 0 Å². The van der Waals surface area contributed by atoms with Crippen molar-refractivity contribution >= 4 is 5.69 Å². The fourth-order valence-electron chi connectivity index (χ4n) is 1.60. The predicted octanol–water partition coefficient (Wildman–Crippen LogP) is 2.54. The molecule has 0 saturated heterocycles. The van der Waals surface area contributed by atoms with Crippen LogP contribution in [0.15, 0.2) is 36.5 Å². The van der Waals surface area contributed by atoms with Gasteiger partial charge in [-0.25, -0.2) is 0 Å². The van der Waals surface area contributed by atoms with Crippen molar-refractivity contribution in [3.63, 3.8) is 0 Å². The van der Waals surface area contributed by atoms with Crippen LogP contribution in [0.5, 0.6) is 0 Å². The number of hydrogen-bond donors (Lipinski definition) is 1. The molecule has 15 heavy (non-hydrogen) atoms. The minimum absolute atomic E-state index is 0.745. The number of aryl methyl sites for hydroxylation is 1. The number of rotatable bonds is 3. The van der Waals surface area contributed by atoms with Gasteiger partial charge >= 0.3 is 0 Å². The van der Waals surface area contributed by atoms with Gasteiger partial charge in [-0.1, -0.05) is 37.3 Å². The van der Waals surface area contributed by atoms with Gasteiger partial charge in [-0.2, -0.15) is 5.10 Å². The van der Waals surface area contributed by atoms with Crippen molar-refractivity contribution in [2.75, 3.05) is 5.73 Å². The summed E-state index contributed by atoms with van der Waals surface area (Å²) in [5, 5.41) is 4.46. The summed E-state index contributed by atoms with van der Waals surface area (Å²) in [5.41, 5.74) is 8.62. The molecule has 2 aromatic rings. The van der Waals surface area contributed by atoms with E-state index in [1.807, 2.05) is 41.2 Å². The molecule has 0 aliphatic rings. The lowest BCUT2D eigenvalue weighted by molar-refractivity contribution is 0.605. The first kappa shape index (κ1) is 9.77. The van der Waals surface area contributed by atoms with Crippen LogP contribution in [-0.2, 0) is 6.54 Å². The molecule has 0 fully saturated rings. The number of nitrogens with two attached hydrogens (primary N) is 1. The largest absolute Gasteiger partial charge is 0.396 e. The maximum absolute atomic E-state index is 5.92. The number of aromatic nitrogens is 2. The van der Waals surface area contributed by atoms with Gasteiger partial charge in [0.15, 0.2) is 0 Å². The molecule has 0 aliphatic heterocycles. The average Bonchev–Trinajstić information content (AvgIpc) is 2.61. The second kappa shape index (κ2) is 4.17. The third-order valence-corrected chi connectivity index (χ3v) is 2.29. The van der Waals surface area contributed by atoms with Gasteiger partial charge in [0.2, 0.25) is 0 Å². The van der Waals surface area contributed by atoms with E-state index in [9.17, 15) is 0 Å². The lowest BCUT2D eigenvalue weighted by Gasteiger charge is -1.97. The Morgan fingerprint density at radius 1 is 1.27 bits per heavy atom. The summed E-state index contributed by atoms with van der Waals surface area (Å²) in [4.78, 5) is 0. The van der Waals surface area contributed by atoms with Gasteiger partial charge in [0.25, 0.3) is 0 Å². The van der Waals surface area contributed by atoms with Gasteiger partial charge in [-0.15, -0.1) is 0 Å². The maximum atomic E-state index is 5.92. The highest BCUT2D eigenvalue weighted by Crippen LogP contribution is 2.23. The van der Waals surface area contributed by atoms with E-state index in [4.69, 9.17) is 5.73 Å². The van der Waals surface area contributed by atoms with Crippen LogP contribution in [-0.4, -0.2) is 9.78 Å². The quantitative estimate of drug-likeness (QED) is 0.829. The fourth-order valence-corrected chi connectivity index (χ4v) is 1.60. The highest BCUT2D eigenvalue weighted by Gasteiger charge is 2.06. The Bertz CT molecular complexity index is 431. The number of nitrogen functional groups attached to an aromatic ring is 1. The molecule has 0 unspecified atom stereocenters. The molecule has 2 rings (SSSR count). The van der Waals surface area contributed by atoms with Crippen molar-refractivity contribution in [1.29, 1.82) is 0 Å². The zero-order valence-corrected chi connectivity index (χ0v) is 8.85. The van der Waals surface area contributed by atoms with Crippen molar-refractivity contribution < 1.29 is 0 Å². The first-order chi connectivity index (χ1) is 7.31. The summed E-state index contributed by atoms with van der Waals surface area (Å²) in [5.74, 6) is 0. The first-order valence-corrected chi connectivity index (χ1v) is 5.19. The molecule has 0 saturated carbocycles. The summed E-state index contributed by atoms with van der Waals surface area (Å²) in [6.07, 6.45) is 2.96. The Kier molecular flexibility index (Phi) is 2.72. The van der Waals surface area contributed by atoms with E-state index in [1.165, 1.54) is 0 Å². The zero-order chi connectivity index (χ0) is 10.7. The molecule has 0 atom stereocenters. The van der Waals surface area contributed by atoms with E-state index in [2.05, 4.69) is 12.0 Å². The van der Waals surface area contributed by atoms with Crippen molar-refractivity contribution in [2.24, 2.45) is 0 Å². The molecule has 0 amide bonds. The first-order valence-electron chi connectivity index (χ1n) is 5.19. The molecular formula is C12H15N3. The summed E-state index contributed by atoms with van der Waals surface area (Å²) >= 11 is 0. The summed E-state index contributed by atoms with van der Waals surface area (Å²) in [6, 6.07) is 10.0. The van der Waals surface area contributed by atoms with Crippen LogP contribution in [0.3, 0.4) is 0 Å². The zero-order valence-electron chi connectivity index (χ0n) is 8.85. The van der Waals surface area contributed by atoms with E-state index < -0.39 is 0 Å². The van der Waals surface area contributed by atoms with Gasteiger partial charge in [0, 0.05) is 18.3 Å². The number of anilines is 1. The summed E-state index contributed by atoms with van der Waals surface area (Å²) in [7, 11) is 0. The molecule has 3 nitrogen and oxygen atoms in total. The molecule has 2 N–H and O–H groups in total. The Labute approximate surface area is 89.5 Å². The van der Waals surface area contributed by atoms with E-state index in [1.54, 1.807) is 0 Å². The topological polar surface area (TPSA) is 43.8 Å². The molecule has 0 radical (unpaired) electrons. The highest BCUT2D eigenvalue weighted by molar-refractivity contribution is 5.71. The normalized spacial score (nSPS) is 10.5. The van der Waals surface area contributed by atoms with Crippen LogP contribution in [0.25, 0.3) is 11.3 Å². The molecule has 78 valence electrons. The van der Waals surface area contributed by atoms with Gasteiger partial charge in [0.05, 0.1) is 5.69 Å². The molecule has 3 heteroatoms. The van der Waals surface area contributed by atoms with Gasteiger partial charge in [0.1, 0.15) is 5.69 Å². The summed E-state index contributed by atoms with van der Waals surface area (Å²) < 4.78 is 1.90. The minimum Gasteiger partial charge on any atom is -0.396 e. The molecule has 1 aromatic heterocycles. The van der Waals surface area contributed by atoms with Gasteiger partial charge < -0.3 is 5.73 Å². The molecule has 1 aromatic carbocycles. The SMILES string of the molecule is CCCn1cc(N)c(-c2ccccc2)n1. The lowest BCUT2D eigenvalue weighted by atomic mass is 10.1. The minimum atomic E-state index is 0.745. The maximum Gasteiger partial charge on any atom is 0.115 e. The Morgan fingerprint density at radius 2 is 2.00 bits per heavy atom. The van der Waals surface area contributed by atoms with Crippen LogP contribution in [0.1, 0.15) is 13.3 Å².